The molecule has 144 valence electrons. The van der Waals surface area contributed by atoms with E-state index in [1.165, 1.54) is 11.8 Å². The zero-order valence-electron chi connectivity index (χ0n) is 15.0. The van der Waals surface area contributed by atoms with Crippen molar-refractivity contribution in [2.75, 3.05) is 12.3 Å². The smallest absolute Gasteiger partial charge is 0.348 e. The minimum atomic E-state index is -0.445. The Bertz CT molecular complexity index is 1040. The van der Waals surface area contributed by atoms with Gasteiger partial charge < -0.3 is 10.5 Å². The van der Waals surface area contributed by atoms with Gasteiger partial charge in [-0.25, -0.2) is 4.79 Å². The van der Waals surface area contributed by atoms with E-state index in [-0.39, 0.29) is 6.61 Å². The van der Waals surface area contributed by atoms with Crippen LogP contribution >= 0.6 is 34.4 Å². The van der Waals surface area contributed by atoms with Gasteiger partial charge in [-0.2, -0.15) is 5.26 Å². The number of thiophene rings is 2. The predicted octanol–water partition coefficient (Wildman–Crippen LogP) is 4.33. The van der Waals surface area contributed by atoms with Crippen LogP contribution in [0.2, 0.25) is 0 Å². The first-order chi connectivity index (χ1) is 13.6. The monoisotopic (exact) mass is 431 g/mol. The zero-order valence-corrected chi connectivity index (χ0v) is 17.5. The van der Waals surface area contributed by atoms with E-state index in [0.29, 0.717) is 32.8 Å². The van der Waals surface area contributed by atoms with Crippen LogP contribution in [0.3, 0.4) is 0 Å². The Labute approximate surface area is 174 Å². The van der Waals surface area contributed by atoms with E-state index >= 15 is 0 Å². The summed E-state index contributed by atoms with van der Waals surface area (Å²) in [5.74, 6) is 0.829. The van der Waals surface area contributed by atoms with Gasteiger partial charge in [0.25, 0.3) is 0 Å². The Morgan fingerprint density at radius 2 is 2.32 bits per heavy atom. The number of carbonyl (C=O) groups excluding carboxylic acids is 1. The second-order valence-electron chi connectivity index (χ2n) is 6.15. The molecule has 0 radical (unpaired) electrons. The second kappa shape index (κ2) is 7.95. The summed E-state index contributed by atoms with van der Waals surface area (Å²) < 4.78 is 7.29. The van der Waals surface area contributed by atoms with Crippen molar-refractivity contribution in [2.45, 2.75) is 36.7 Å². The molecule has 0 amide bonds. The van der Waals surface area contributed by atoms with Crippen molar-refractivity contribution in [3.63, 3.8) is 0 Å². The quantitative estimate of drug-likeness (QED) is 0.438. The number of nitrogen functional groups attached to an aromatic ring is 1. The standard InChI is InChI=1S/C18H17N5O2S3/c1-2-25-17(24)14-12(11(8-19)15(20)28-14)9-27-18-22-21-16(13-4-3-7-26-13)23(18)10-5-6-10/h3-4,7,10H,2,5-6,9,20H2,1H3. The van der Waals surface area contributed by atoms with E-state index in [1.54, 1.807) is 18.3 Å². The van der Waals surface area contributed by atoms with Crippen LogP contribution in [0.15, 0.2) is 22.7 Å². The van der Waals surface area contributed by atoms with E-state index in [1.807, 2.05) is 17.5 Å². The van der Waals surface area contributed by atoms with Crippen LogP contribution in [0.4, 0.5) is 5.00 Å². The number of anilines is 1. The van der Waals surface area contributed by atoms with Gasteiger partial charge in [-0.3, -0.25) is 4.57 Å². The topological polar surface area (TPSA) is 107 Å². The lowest BCUT2D eigenvalue weighted by molar-refractivity contribution is 0.0531. The second-order valence-corrected chi connectivity index (χ2v) is 9.10. The van der Waals surface area contributed by atoms with Crippen LogP contribution in [0.5, 0.6) is 0 Å². The fraction of sp³-hybridized carbons (Fsp3) is 0.333. The van der Waals surface area contributed by atoms with Crippen LogP contribution in [0.25, 0.3) is 10.7 Å². The maximum Gasteiger partial charge on any atom is 0.348 e. The van der Waals surface area contributed by atoms with Crippen molar-refractivity contribution in [1.29, 1.82) is 5.26 Å². The van der Waals surface area contributed by atoms with E-state index < -0.39 is 5.97 Å². The third kappa shape index (κ3) is 3.53. The fourth-order valence-electron chi connectivity index (χ4n) is 2.85. The van der Waals surface area contributed by atoms with Crippen LogP contribution in [-0.4, -0.2) is 27.3 Å². The average molecular weight is 432 g/mol. The Kier molecular flexibility index (Phi) is 5.39. The van der Waals surface area contributed by atoms with E-state index in [9.17, 15) is 10.1 Å². The summed E-state index contributed by atoms with van der Waals surface area (Å²) in [5.41, 5.74) is 6.91. The van der Waals surface area contributed by atoms with E-state index in [0.717, 1.165) is 40.0 Å². The molecule has 0 unspecified atom stereocenters. The lowest BCUT2D eigenvalue weighted by Gasteiger charge is -2.08. The number of aromatic nitrogens is 3. The first-order valence-corrected chi connectivity index (χ1v) is 11.4. The number of hydrogen-bond acceptors (Lipinski definition) is 9. The number of thioether (sulfide) groups is 1. The van der Waals surface area contributed by atoms with Gasteiger partial charge in [-0.15, -0.1) is 32.9 Å². The van der Waals surface area contributed by atoms with Gasteiger partial charge in [0.05, 0.1) is 17.0 Å². The van der Waals surface area contributed by atoms with Crippen LogP contribution < -0.4 is 5.73 Å². The summed E-state index contributed by atoms with van der Waals surface area (Å²) in [7, 11) is 0. The van der Waals surface area contributed by atoms with E-state index in [2.05, 4.69) is 20.8 Å². The molecule has 1 aliphatic carbocycles. The normalized spacial score (nSPS) is 13.4. The maximum absolute atomic E-state index is 12.3. The Balaban J connectivity index is 1.64. The lowest BCUT2D eigenvalue weighted by atomic mass is 10.2. The molecule has 0 aliphatic heterocycles. The molecule has 1 aliphatic rings. The summed E-state index contributed by atoms with van der Waals surface area (Å²) in [5, 5.41) is 21.4. The number of esters is 1. The third-order valence-corrected chi connectivity index (χ3v) is 7.15. The first kappa shape index (κ1) is 19.0. The molecule has 10 heteroatoms. The molecule has 0 aromatic carbocycles. The highest BCUT2D eigenvalue weighted by molar-refractivity contribution is 7.98. The highest BCUT2D eigenvalue weighted by Crippen LogP contribution is 2.43. The van der Waals surface area contributed by atoms with Crippen molar-refractivity contribution in [3.05, 3.63) is 33.5 Å². The number of rotatable bonds is 7. The van der Waals surface area contributed by atoms with Crippen LogP contribution in [-0.2, 0) is 10.5 Å². The van der Waals surface area contributed by atoms with Gasteiger partial charge in [0.2, 0.25) is 0 Å². The van der Waals surface area contributed by atoms with Gasteiger partial charge >= 0.3 is 5.97 Å². The molecular formula is C18H17N5O2S3. The minimum Gasteiger partial charge on any atom is -0.462 e. The summed E-state index contributed by atoms with van der Waals surface area (Å²) in [6.07, 6.45) is 2.21. The molecule has 1 fully saturated rings. The molecule has 3 heterocycles. The summed E-state index contributed by atoms with van der Waals surface area (Å²) in [6.45, 7) is 2.02. The maximum atomic E-state index is 12.3. The van der Waals surface area contributed by atoms with Gasteiger partial charge in [-0.1, -0.05) is 17.8 Å². The Morgan fingerprint density at radius 3 is 2.96 bits per heavy atom. The number of nitrogens with zero attached hydrogens (tertiary/aromatic N) is 4. The fourth-order valence-corrected chi connectivity index (χ4v) is 5.62. The average Bonchev–Trinajstić information content (AvgIpc) is 3.09. The third-order valence-electron chi connectivity index (χ3n) is 4.27. The SMILES string of the molecule is CCOC(=O)c1sc(N)c(C#N)c1CSc1nnc(-c2cccs2)n1C1CC1. The molecule has 0 atom stereocenters. The van der Waals surface area contributed by atoms with Crippen molar-refractivity contribution >= 4 is 45.4 Å². The molecule has 4 rings (SSSR count). The molecule has 1 saturated carbocycles. The lowest BCUT2D eigenvalue weighted by Crippen LogP contribution is -2.05. The highest BCUT2D eigenvalue weighted by Gasteiger charge is 2.31. The van der Waals surface area contributed by atoms with Crippen molar-refractivity contribution in [3.8, 4) is 16.8 Å². The Hall–Kier alpha value is -2.35. The molecule has 3 aromatic rings. The molecule has 28 heavy (non-hydrogen) atoms. The molecule has 0 spiro atoms. The van der Waals surface area contributed by atoms with Crippen molar-refractivity contribution < 1.29 is 9.53 Å². The summed E-state index contributed by atoms with van der Waals surface area (Å²) >= 11 is 4.20. The molecule has 0 bridgehead atoms. The minimum absolute atomic E-state index is 0.269. The van der Waals surface area contributed by atoms with Crippen LogP contribution in [0.1, 0.15) is 46.6 Å². The molecule has 3 aromatic heterocycles. The van der Waals surface area contributed by atoms with Gasteiger partial charge in [0.1, 0.15) is 15.9 Å². The summed E-state index contributed by atoms with van der Waals surface area (Å²) in [6, 6.07) is 6.56. The van der Waals surface area contributed by atoms with Crippen molar-refractivity contribution in [1.82, 2.24) is 14.8 Å². The highest BCUT2D eigenvalue weighted by atomic mass is 32.2. The summed E-state index contributed by atoms with van der Waals surface area (Å²) in [4.78, 5) is 13.8. The van der Waals surface area contributed by atoms with Gasteiger partial charge in [-0.05, 0) is 31.2 Å². The predicted molar refractivity (Wildman–Crippen MR) is 111 cm³/mol. The Morgan fingerprint density at radius 1 is 1.50 bits per heavy atom. The molecule has 2 N–H and O–H groups in total. The number of carbonyl (C=O) groups is 1. The first-order valence-electron chi connectivity index (χ1n) is 8.74. The number of nitriles is 1. The molecule has 7 nitrogen and oxygen atoms in total. The number of hydrogen-bond donors (Lipinski definition) is 1. The number of ether oxygens (including phenoxy) is 1. The number of nitrogens with two attached hydrogens (primary N) is 1. The van der Waals surface area contributed by atoms with Crippen molar-refractivity contribution in [2.24, 2.45) is 0 Å². The van der Waals surface area contributed by atoms with Gasteiger partial charge in [0.15, 0.2) is 11.0 Å². The molecule has 0 saturated heterocycles. The van der Waals surface area contributed by atoms with E-state index in [4.69, 9.17) is 10.5 Å². The van der Waals surface area contributed by atoms with Gasteiger partial charge in [0, 0.05) is 17.4 Å². The van der Waals surface area contributed by atoms with Crippen LogP contribution in [0, 0.1) is 11.3 Å². The largest absolute Gasteiger partial charge is 0.462 e. The molecular weight excluding hydrogens is 414 g/mol. The zero-order chi connectivity index (χ0) is 19.7.